The average molecular weight is 214 g/mol. The summed E-state index contributed by atoms with van der Waals surface area (Å²) in [5, 5.41) is 15.4. The van der Waals surface area contributed by atoms with Crippen LogP contribution in [0.15, 0.2) is 0 Å². The number of rotatable bonds is 0. The van der Waals surface area contributed by atoms with Crippen LogP contribution < -0.4 is 96.8 Å². The van der Waals surface area contributed by atoms with E-state index < -0.39 is 18.5 Å². The Morgan fingerprint density at radius 2 is 1.07 bits per heavy atom. The van der Waals surface area contributed by atoms with Crippen LogP contribution in [0, 0.1) is 0 Å². The van der Waals surface area contributed by atoms with Crippen LogP contribution in [-0.2, 0) is 9.47 Å². The molecule has 64 valence electrons. The van der Waals surface area contributed by atoms with Gasteiger partial charge in [-0.25, -0.2) is 14.4 Å². The van der Waals surface area contributed by atoms with Crippen LogP contribution in [0.2, 0.25) is 0 Å². The van der Waals surface area contributed by atoms with E-state index in [1.54, 1.807) is 0 Å². The van der Waals surface area contributed by atoms with E-state index >= 15 is 0 Å². The number of carbonyl (C=O) groups excluding carboxylic acids is 1. The van der Waals surface area contributed by atoms with Gasteiger partial charge in [0.25, 0.3) is 0 Å². The van der Waals surface area contributed by atoms with Gasteiger partial charge in [-0.05, 0) is 0 Å². The van der Waals surface area contributed by atoms with E-state index in [1.807, 2.05) is 0 Å². The van der Waals surface area contributed by atoms with Crippen molar-refractivity contribution in [3.63, 3.8) is 0 Å². The van der Waals surface area contributed by atoms with Crippen molar-refractivity contribution in [1.29, 1.82) is 0 Å². The molecule has 0 aromatic heterocycles. The van der Waals surface area contributed by atoms with Gasteiger partial charge in [0.1, 0.15) is 0 Å². The Balaban J connectivity index is -0.0000000145. The molecule has 14 heavy (non-hydrogen) atoms. The first-order valence-electron chi connectivity index (χ1n) is 1.88. The van der Waals surface area contributed by atoms with Crippen LogP contribution in [-0.4, -0.2) is 28.7 Å². The van der Waals surface area contributed by atoms with Crippen molar-refractivity contribution in [1.82, 2.24) is 0 Å². The zero-order valence-electron chi connectivity index (χ0n) is 12.4. The zero-order valence-corrected chi connectivity index (χ0v) is 12.4. The Hall–Kier alpha value is 1.40. The molecule has 0 aliphatic rings. The van der Waals surface area contributed by atoms with Crippen molar-refractivity contribution in [3.05, 3.63) is 0 Å². The maximum Gasteiger partial charge on any atom is 1.00 e. The Labute approximate surface area is 153 Å². The smallest absolute Gasteiger partial charge is 1.00 e. The number of hydrogen-bond donors (Lipinski definition) is 2. The van der Waals surface area contributed by atoms with Gasteiger partial charge in [-0.1, -0.05) is 0 Å². The summed E-state index contributed by atoms with van der Waals surface area (Å²) in [7, 11) is 0. The van der Waals surface area contributed by atoms with Gasteiger partial charge in [-0.3, -0.25) is 0 Å². The Morgan fingerprint density at radius 3 is 1.21 bits per heavy atom. The summed E-state index contributed by atoms with van der Waals surface area (Å²) in [5.41, 5.74) is 0. The van der Waals surface area contributed by atoms with E-state index in [9.17, 15) is 14.4 Å². The second-order valence-electron chi connectivity index (χ2n) is 0.986. The van der Waals surface area contributed by atoms with Crippen molar-refractivity contribution < 1.29 is 137 Å². The fraction of sp³-hybridized carbons (Fsp3) is 0. The Morgan fingerprint density at radius 1 is 0.857 bits per heavy atom. The van der Waals surface area contributed by atoms with Crippen LogP contribution in [0.3, 0.4) is 0 Å². The van der Waals surface area contributed by atoms with E-state index in [2.05, 4.69) is 9.47 Å². The minimum atomic E-state index is -1.92. The van der Waals surface area contributed by atoms with E-state index in [0.717, 1.165) is 0 Å². The molecule has 0 atom stereocenters. The molecule has 7 nitrogen and oxygen atoms in total. The third-order valence-corrected chi connectivity index (χ3v) is 0.341. The minimum Gasteiger partial charge on any atom is -1.00 e. The predicted molar refractivity (Wildman–Crippen MR) is 28.1 cm³/mol. The van der Waals surface area contributed by atoms with Gasteiger partial charge in [-0.15, -0.1) is 0 Å². The van der Waals surface area contributed by atoms with E-state index in [0.29, 0.717) is 0 Å². The minimum absolute atomic E-state index is 0. The third-order valence-electron chi connectivity index (χ3n) is 0.341. The topological polar surface area (TPSA) is 110 Å². The summed E-state index contributed by atoms with van der Waals surface area (Å²) < 4.78 is 6.47. The van der Waals surface area contributed by atoms with Gasteiger partial charge in [0, 0.05) is 0 Å². The van der Waals surface area contributed by atoms with E-state index in [1.165, 1.54) is 0 Å². The molecule has 0 fully saturated rings. The molecule has 0 rings (SSSR count). The first kappa shape index (κ1) is 29.5. The van der Waals surface area contributed by atoms with Gasteiger partial charge in [0.15, 0.2) is 0 Å². The molecule has 0 aliphatic heterocycles. The number of hydrogen-bond acceptors (Lipinski definition) is 5. The molecule has 0 aliphatic carbocycles. The maximum absolute atomic E-state index is 9.86. The predicted octanol–water partition coefficient (Wildman–Crippen LogP) is -11.0. The molecule has 11 heteroatoms. The standard InChI is InChI=1S/C3H2O7.2Li.2Na.4H/c4-1(5)9-3(8)10-2(6)7;;;;;;;;/h(H,4,5)(H,6,7);;;;;;;;/q;4*+1;4*-1. The second-order valence-corrected chi connectivity index (χ2v) is 0.986. The van der Waals surface area contributed by atoms with Gasteiger partial charge in [-0.2, -0.15) is 0 Å². The van der Waals surface area contributed by atoms with Crippen LogP contribution in [0.25, 0.3) is 0 Å². The number of ether oxygens (including phenoxy) is 2. The molecule has 0 heterocycles. The van der Waals surface area contributed by atoms with E-state index in [4.69, 9.17) is 10.2 Å². The number of carboxylic acid groups (broad SMARTS) is 2. The molecule has 0 bridgehead atoms. The second kappa shape index (κ2) is 16.8. The molecule has 2 N–H and O–H groups in total. The molecule has 0 unspecified atom stereocenters. The van der Waals surface area contributed by atoms with E-state index in [-0.39, 0.29) is 103 Å². The summed E-state index contributed by atoms with van der Waals surface area (Å²) in [6.45, 7) is 0. The first-order chi connectivity index (χ1) is 4.52. The van der Waals surface area contributed by atoms with Gasteiger partial charge >= 0.3 is 115 Å². The quantitative estimate of drug-likeness (QED) is 0.234. The average Bonchev–Trinajstić information content (AvgIpc) is 1.58. The Bertz CT molecular complexity index is 182. The third kappa shape index (κ3) is 23.3. The fourth-order valence-corrected chi connectivity index (χ4v) is 0.163. The van der Waals surface area contributed by atoms with Gasteiger partial charge in [0.2, 0.25) is 0 Å². The molecule has 0 radical (unpaired) electrons. The van der Waals surface area contributed by atoms with Crippen molar-refractivity contribution in [2.45, 2.75) is 0 Å². The van der Waals surface area contributed by atoms with Crippen LogP contribution in [0.1, 0.15) is 5.71 Å². The van der Waals surface area contributed by atoms with Crippen molar-refractivity contribution >= 4 is 18.5 Å². The van der Waals surface area contributed by atoms with Gasteiger partial charge < -0.3 is 25.4 Å². The normalized spacial score (nSPS) is 5.71. The molecule has 0 saturated carbocycles. The first-order valence-corrected chi connectivity index (χ1v) is 1.88. The van der Waals surface area contributed by atoms with Crippen molar-refractivity contribution in [2.75, 3.05) is 0 Å². The molecule has 0 aromatic rings. The van der Waals surface area contributed by atoms with Gasteiger partial charge in [0.05, 0.1) is 0 Å². The molecule has 0 saturated heterocycles. The van der Waals surface area contributed by atoms with Crippen LogP contribution >= 0.6 is 0 Å². The van der Waals surface area contributed by atoms with Crippen LogP contribution in [0.5, 0.6) is 0 Å². The summed E-state index contributed by atoms with van der Waals surface area (Å²) in [6, 6.07) is 0. The summed E-state index contributed by atoms with van der Waals surface area (Å²) in [4.78, 5) is 28.8. The maximum atomic E-state index is 9.86. The monoisotopic (exact) mass is 214 g/mol. The molecular weight excluding hydrogens is 208 g/mol. The SMILES string of the molecule is O=C(O)OC(=O)OC(=O)O.[H-].[H-].[H-].[H-].[Li+].[Li+].[Na+].[Na+]. The number of carbonyl (C=O) groups is 3. The van der Waals surface area contributed by atoms with Crippen molar-refractivity contribution in [3.8, 4) is 0 Å². The summed E-state index contributed by atoms with van der Waals surface area (Å²) >= 11 is 0. The fourth-order valence-electron chi connectivity index (χ4n) is 0.163. The van der Waals surface area contributed by atoms with Crippen LogP contribution in [0.4, 0.5) is 14.4 Å². The molecule has 0 amide bonds. The zero-order chi connectivity index (χ0) is 8.15. The molecule has 0 aromatic carbocycles. The summed E-state index contributed by atoms with van der Waals surface area (Å²) in [5.74, 6) is 0. The summed E-state index contributed by atoms with van der Waals surface area (Å²) in [6.07, 6.45) is -5.64. The van der Waals surface area contributed by atoms with Crippen molar-refractivity contribution in [2.24, 2.45) is 0 Å². The molecule has 0 spiro atoms. The molecular formula is C3H6Li2Na2O7. The Kier molecular flexibility index (Phi) is 35.5. The largest absolute Gasteiger partial charge is 1.00 e.